The summed E-state index contributed by atoms with van der Waals surface area (Å²) in [5, 5.41) is 0. The molecule has 0 aliphatic carbocycles. The maximum absolute atomic E-state index is 11.9. The molecule has 94 valence electrons. The lowest BCUT2D eigenvalue weighted by atomic mass is 10.0. The summed E-state index contributed by atoms with van der Waals surface area (Å²) in [5.74, 6) is 0. The lowest BCUT2D eigenvalue weighted by Gasteiger charge is -2.15. The van der Waals surface area contributed by atoms with Crippen LogP contribution in [0.1, 0.15) is 25.0 Å². The second-order valence-electron chi connectivity index (χ2n) is 4.16. The quantitative estimate of drug-likeness (QED) is 0.814. The van der Waals surface area contributed by atoms with Gasteiger partial charge in [-0.05, 0) is 24.0 Å². The maximum Gasteiger partial charge on any atom is 0.301 e. The molecule has 0 saturated carbocycles. The first kappa shape index (κ1) is 12.4. The Labute approximate surface area is 103 Å². The van der Waals surface area contributed by atoms with Gasteiger partial charge in [-0.2, -0.15) is 12.7 Å². The van der Waals surface area contributed by atoms with E-state index in [1.807, 2.05) is 32.0 Å². The highest BCUT2D eigenvalue weighted by molar-refractivity contribution is 7.90. The van der Waals surface area contributed by atoms with Gasteiger partial charge in [0.2, 0.25) is 0 Å². The van der Waals surface area contributed by atoms with E-state index in [1.54, 1.807) is 0 Å². The van der Waals surface area contributed by atoms with Crippen molar-refractivity contribution >= 4 is 15.9 Å². The van der Waals surface area contributed by atoms with Gasteiger partial charge in [0, 0.05) is 13.1 Å². The summed E-state index contributed by atoms with van der Waals surface area (Å²) < 4.78 is 28.0. The molecule has 1 fully saturated rings. The zero-order valence-electron chi connectivity index (χ0n) is 10.2. The molecule has 1 aliphatic heterocycles. The van der Waals surface area contributed by atoms with E-state index >= 15 is 0 Å². The third kappa shape index (κ3) is 2.61. The molecule has 0 atom stereocenters. The molecule has 1 aliphatic rings. The largest absolute Gasteiger partial charge is 0.301 e. The fourth-order valence-electron chi connectivity index (χ4n) is 1.85. The van der Waals surface area contributed by atoms with Gasteiger partial charge < -0.3 is 0 Å². The molecule has 0 aromatic heterocycles. The average molecular weight is 254 g/mol. The van der Waals surface area contributed by atoms with Crippen LogP contribution in [-0.4, -0.2) is 25.8 Å². The number of hydrogen-bond acceptors (Lipinski definition) is 2. The minimum Gasteiger partial charge on any atom is -0.270 e. The highest BCUT2D eigenvalue weighted by atomic mass is 32.2. The summed E-state index contributed by atoms with van der Waals surface area (Å²) in [6, 6.07) is 5.92. The van der Waals surface area contributed by atoms with Gasteiger partial charge in [-0.3, -0.25) is 4.72 Å². The molecular formula is C12H18N2O2S. The van der Waals surface area contributed by atoms with Crippen molar-refractivity contribution in [3.8, 4) is 0 Å². The van der Waals surface area contributed by atoms with Gasteiger partial charge in [0.15, 0.2) is 0 Å². The SMILES string of the molecule is CCc1cccc(CC)c1NS(=O)(=O)N1CC1. The molecule has 5 heteroatoms. The summed E-state index contributed by atoms with van der Waals surface area (Å²) in [5.41, 5.74) is 2.87. The molecule has 1 N–H and O–H groups in total. The summed E-state index contributed by atoms with van der Waals surface area (Å²) in [4.78, 5) is 0. The van der Waals surface area contributed by atoms with E-state index in [0.29, 0.717) is 13.1 Å². The number of nitrogens with zero attached hydrogens (tertiary/aromatic N) is 1. The van der Waals surface area contributed by atoms with Crippen molar-refractivity contribution in [1.29, 1.82) is 0 Å². The average Bonchev–Trinajstić information content (AvgIpc) is 3.13. The van der Waals surface area contributed by atoms with Crippen LogP contribution in [0, 0.1) is 0 Å². The third-order valence-corrected chi connectivity index (χ3v) is 4.48. The standard InChI is InChI=1S/C12H18N2O2S/c1-3-10-6-5-7-11(4-2)12(10)13-17(15,16)14-8-9-14/h5-7,13H,3-4,8-9H2,1-2H3. The molecule has 0 radical (unpaired) electrons. The smallest absolute Gasteiger partial charge is 0.270 e. The number of hydrogen-bond donors (Lipinski definition) is 1. The minimum absolute atomic E-state index is 0.630. The summed E-state index contributed by atoms with van der Waals surface area (Å²) >= 11 is 0. The summed E-state index contributed by atoms with van der Waals surface area (Å²) in [6.45, 7) is 5.32. The summed E-state index contributed by atoms with van der Waals surface area (Å²) in [6.07, 6.45) is 1.65. The Kier molecular flexibility index (Phi) is 3.40. The van der Waals surface area contributed by atoms with Crippen LogP contribution >= 0.6 is 0 Å². The number of nitrogens with one attached hydrogen (secondary N) is 1. The predicted molar refractivity (Wildman–Crippen MR) is 69.3 cm³/mol. The third-order valence-electron chi connectivity index (χ3n) is 2.98. The lowest BCUT2D eigenvalue weighted by molar-refractivity contribution is 0.569. The Morgan fingerprint density at radius 1 is 1.18 bits per heavy atom. The van der Waals surface area contributed by atoms with Crippen LogP contribution in [0.25, 0.3) is 0 Å². The van der Waals surface area contributed by atoms with Crippen molar-refractivity contribution in [2.24, 2.45) is 0 Å². The Bertz CT molecular complexity index is 485. The molecule has 0 spiro atoms. The molecule has 0 amide bonds. The number of rotatable bonds is 5. The molecule has 0 bridgehead atoms. The molecular weight excluding hydrogens is 236 g/mol. The van der Waals surface area contributed by atoms with E-state index in [0.717, 1.165) is 29.7 Å². The predicted octanol–water partition coefficient (Wildman–Crippen LogP) is 1.78. The molecule has 17 heavy (non-hydrogen) atoms. The van der Waals surface area contributed by atoms with E-state index < -0.39 is 10.2 Å². The van der Waals surface area contributed by atoms with Crippen molar-refractivity contribution < 1.29 is 8.42 Å². The van der Waals surface area contributed by atoms with Crippen LogP contribution < -0.4 is 4.72 Å². The van der Waals surface area contributed by atoms with Crippen LogP contribution in [0.3, 0.4) is 0 Å². The molecule has 4 nitrogen and oxygen atoms in total. The number of aryl methyl sites for hydroxylation is 2. The van der Waals surface area contributed by atoms with E-state index in [1.165, 1.54) is 4.31 Å². The van der Waals surface area contributed by atoms with Crippen molar-refractivity contribution in [3.63, 3.8) is 0 Å². The van der Waals surface area contributed by atoms with Crippen LogP contribution in [0.2, 0.25) is 0 Å². The summed E-state index contributed by atoms with van der Waals surface area (Å²) in [7, 11) is -3.32. The molecule has 1 aromatic rings. The van der Waals surface area contributed by atoms with E-state index in [4.69, 9.17) is 0 Å². The molecule has 1 aromatic carbocycles. The zero-order chi connectivity index (χ0) is 12.5. The first-order chi connectivity index (χ1) is 8.08. The van der Waals surface area contributed by atoms with Crippen molar-refractivity contribution in [2.75, 3.05) is 17.8 Å². The van der Waals surface area contributed by atoms with Gasteiger partial charge in [0.05, 0.1) is 5.69 Å². The Morgan fingerprint density at radius 3 is 2.12 bits per heavy atom. The van der Waals surface area contributed by atoms with Gasteiger partial charge >= 0.3 is 10.2 Å². The van der Waals surface area contributed by atoms with Crippen LogP contribution in [-0.2, 0) is 23.1 Å². The zero-order valence-corrected chi connectivity index (χ0v) is 11.0. The van der Waals surface area contributed by atoms with Gasteiger partial charge in [-0.1, -0.05) is 32.0 Å². The molecule has 0 unspecified atom stereocenters. The molecule has 1 heterocycles. The van der Waals surface area contributed by atoms with E-state index in [-0.39, 0.29) is 0 Å². The first-order valence-corrected chi connectivity index (χ1v) is 7.41. The molecule has 2 rings (SSSR count). The topological polar surface area (TPSA) is 49.2 Å². The van der Waals surface area contributed by atoms with Gasteiger partial charge in [-0.25, -0.2) is 0 Å². The fraction of sp³-hybridized carbons (Fsp3) is 0.500. The number of benzene rings is 1. The monoisotopic (exact) mass is 254 g/mol. The van der Waals surface area contributed by atoms with Gasteiger partial charge in [0.25, 0.3) is 0 Å². The molecule has 1 saturated heterocycles. The Morgan fingerprint density at radius 2 is 1.71 bits per heavy atom. The second kappa shape index (κ2) is 4.66. The van der Waals surface area contributed by atoms with E-state index in [9.17, 15) is 8.42 Å². The van der Waals surface area contributed by atoms with Crippen LogP contribution in [0.4, 0.5) is 5.69 Å². The normalized spacial score (nSPS) is 15.9. The van der Waals surface area contributed by atoms with Gasteiger partial charge in [0.1, 0.15) is 0 Å². The van der Waals surface area contributed by atoms with Crippen molar-refractivity contribution in [2.45, 2.75) is 26.7 Å². The van der Waals surface area contributed by atoms with Crippen LogP contribution in [0.5, 0.6) is 0 Å². The van der Waals surface area contributed by atoms with E-state index in [2.05, 4.69) is 4.72 Å². The Balaban J connectivity index is 2.36. The van der Waals surface area contributed by atoms with Crippen molar-refractivity contribution in [1.82, 2.24) is 4.31 Å². The fourth-order valence-corrected chi connectivity index (χ4v) is 3.06. The highest BCUT2D eigenvalue weighted by Crippen LogP contribution is 2.25. The number of para-hydroxylation sites is 1. The maximum atomic E-state index is 11.9. The van der Waals surface area contributed by atoms with Gasteiger partial charge in [-0.15, -0.1) is 0 Å². The first-order valence-electron chi connectivity index (χ1n) is 5.97. The lowest BCUT2D eigenvalue weighted by Crippen LogP contribution is -2.22. The second-order valence-corrected chi connectivity index (χ2v) is 5.84. The highest BCUT2D eigenvalue weighted by Gasteiger charge is 2.32. The minimum atomic E-state index is -3.32. The number of anilines is 1. The van der Waals surface area contributed by atoms with Crippen LogP contribution in [0.15, 0.2) is 18.2 Å². The Hall–Kier alpha value is -1.07. The van der Waals surface area contributed by atoms with Crippen molar-refractivity contribution in [3.05, 3.63) is 29.3 Å².